The molecular formula is C18H21N3O6. The number of hydrogen-bond donors (Lipinski definition) is 1. The van der Waals surface area contributed by atoms with Crippen LogP contribution in [-0.4, -0.2) is 72.2 Å². The van der Waals surface area contributed by atoms with Crippen LogP contribution in [0.5, 0.6) is 0 Å². The van der Waals surface area contributed by atoms with Crippen molar-refractivity contribution in [3.8, 4) is 0 Å². The van der Waals surface area contributed by atoms with Gasteiger partial charge in [0.25, 0.3) is 11.8 Å². The van der Waals surface area contributed by atoms with Crippen LogP contribution in [0.3, 0.4) is 0 Å². The summed E-state index contributed by atoms with van der Waals surface area (Å²) in [6, 6.07) is 7.84. The van der Waals surface area contributed by atoms with E-state index in [1.807, 2.05) is 30.3 Å². The lowest BCUT2D eigenvalue weighted by Crippen LogP contribution is -2.44. The minimum atomic E-state index is -0.885. The number of urea groups is 1. The Labute approximate surface area is 156 Å². The van der Waals surface area contributed by atoms with Crippen LogP contribution in [-0.2, 0) is 30.3 Å². The van der Waals surface area contributed by atoms with Crippen molar-refractivity contribution >= 4 is 29.6 Å². The second-order valence-corrected chi connectivity index (χ2v) is 6.20. The third-order valence-corrected chi connectivity index (χ3v) is 3.99. The number of rotatable bonds is 8. The van der Waals surface area contributed by atoms with Crippen molar-refractivity contribution in [3.63, 3.8) is 0 Å². The molecule has 1 N–H and O–H groups in total. The van der Waals surface area contributed by atoms with Gasteiger partial charge in [0.1, 0.15) is 13.1 Å². The highest BCUT2D eigenvalue weighted by Gasteiger charge is 2.35. The molecule has 1 saturated heterocycles. The van der Waals surface area contributed by atoms with Gasteiger partial charge in [0.2, 0.25) is 0 Å². The Morgan fingerprint density at radius 3 is 2.41 bits per heavy atom. The smallest absolute Gasteiger partial charge is 0.327 e. The molecule has 0 bridgehead atoms. The number of likely N-dealkylation sites (N-methyl/N-ethyl adjacent to an activating group) is 1. The van der Waals surface area contributed by atoms with Crippen molar-refractivity contribution in [2.75, 3.05) is 26.7 Å². The Morgan fingerprint density at radius 1 is 1.19 bits per heavy atom. The molecule has 9 heteroatoms. The molecule has 1 aliphatic heterocycles. The largest absolute Gasteiger partial charge is 0.454 e. The SMILES string of the molecule is CC(=O)[C@H](Cc1ccccc1)NC(=O)COC(=O)CN1C(=O)CN(C)C1=O. The van der Waals surface area contributed by atoms with E-state index < -0.39 is 43.0 Å². The van der Waals surface area contributed by atoms with Crippen LogP contribution in [0.1, 0.15) is 12.5 Å². The molecule has 0 unspecified atom stereocenters. The topological polar surface area (TPSA) is 113 Å². The summed E-state index contributed by atoms with van der Waals surface area (Å²) in [5.41, 5.74) is 0.880. The molecule has 144 valence electrons. The Balaban J connectivity index is 1.81. The zero-order chi connectivity index (χ0) is 20.0. The van der Waals surface area contributed by atoms with Crippen LogP contribution in [0.15, 0.2) is 30.3 Å². The van der Waals surface area contributed by atoms with E-state index in [0.717, 1.165) is 10.5 Å². The van der Waals surface area contributed by atoms with E-state index in [4.69, 9.17) is 4.74 Å². The number of hydrogen-bond acceptors (Lipinski definition) is 6. The number of Topliss-reactive ketones (excluding diaryl/α,β-unsaturated/α-hetero) is 1. The maximum Gasteiger partial charge on any atom is 0.327 e. The molecular weight excluding hydrogens is 354 g/mol. The van der Waals surface area contributed by atoms with Crippen molar-refractivity contribution in [1.82, 2.24) is 15.1 Å². The number of esters is 1. The molecule has 2 rings (SSSR count). The normalized spacial score (nSPS) is 14.9. The average Bonchev–Trinajstić information content (AvgIpc) is 2.86. The number of ketones is 1. The number of ether oxygens (including phenoxy) is 1. The molecule has 1 fully saturated rings. The van der Waals surface area contributed by atoms with Crippen LogP contribution in [0.25, 0.3) is 0 Å². The summed E-state index contributed by atoms with van der Waals surface area (Å²) >= 11 is 0. The predicted molar refractivity (Wildman–Crippen MR) is 93.5 cm³/mol. The van der Waals surface area contributed by atoms with E-state index >= 15 is 0 Å². The van der Waals surface area contributed by atoms with Gasteiger partial charge in [-0.15, -0.1) is 0 Å². The predicted octanol–water partition coefficient (Wildman–Crippen LogP) is -0.260. The maximum absolute atomic E-state index is 12.0. The van der Waals surface area contributed by atoms with E-state index in [1.165, 1.54) is 18.9 Å². The Morgan fingerprint density at radius 2 is 1.85 bits per heavy atom. The fourth-order valence-electron chi connectivity index (χ4n) is 2.53. The summed E-state index contributed by atoms with van der Waals surface area (Å²) in [4.78, 5) is 60.7. The van der Waals surface area contributed by atoms with Gasteiger partial charge in [-0.05, 0) is 18.9 Å². The molecule has 9 nitrogen and oxygen atoms in total. The molecule has 1 aliphatic rings. The van der Waals surface area contributed by atoms with E-state index in [1.54, 1.807) is 0 Å². The van der Waals surface area contributed by atoms with E-state index in [0.29, 0.717) is 6.42 Å². The van der Waals surface area contributed by atoms with Crippen LogP contribution < -0.4 is 5.32 Å². The van der Waals surface area contributed by atoms with Crippen molar-refractivity contribution in [2.24, 2.45) is 0 Å². The molecule has 1 aromatic rings. The number of benzene rings is 1. The van der Waals surface area contributed by atoms with Gasteiger partial charge in [-0.3, -0.25) is 24.1 Å². The molecule has 1 heterocycles. The van der Waals surface area contributed by atoms with Gasteiger partial charge in [0.15, 0.2) is 12.4 Å². The highest BCUT2D eigenvalue weighted by atomic mass is 16.5. The first-order valence-electron chi connectivity index (χ1n) is 8.32. The summed E-state index contributed by atoms with van der Waals surface area (Å²) in [7, 11) is 1.44. The number of imide groups is 1. The van der Waals surface area contributed by atoms with E-state index in [2.05, 4.69) is 5.32 Å². The Kier molecular flexibility index (Phi) is 6.64. The Bertz CT molecular complexity index is 749. The number of nitrogens with zero attached hydrogens (tertiary/aromatic N) is 2. The highest BCUT2D eigenvalue weighted by molar-refractivity contribution is 6.04. The average molecular weight is 375 g/mol. The van der Waals surface area contributed by atoms with Gasteiger partial charge in [-0.1, -0.05) is 30.3 Å². The van der Waals surface area contributed by atoms with Crippen LogP contribution in [0, 0.1) is 0 Å². The lowest BCUT2D eigenvalue weighted by atomic mass is 10.0. The second-order valence-electron chi connectivity index (χ2n) is 6.20. The van der Waals surface area contributed by atoms with Gasteiger partial charge < -0.3 is 15.0 Å². The molecule has 0 aromatic heterocycles. The zero-order valence-electron chi connectivity index (χ0n) is 15.1. The summed E-state index contributed by atoms with van der Waals surface area (Å²) in [5, 5.41) is 2.52. The minimum absolute atomic E-state index is 0.105. The molecule has 1 atom stereocenters. The van der Waals surface area contributed by atoms with E-state index in [9.17, 15) is 24.0 Å². The number of nitrogens with one attached hydrogen (secondary N) is 1. The van der Waals surface area contributed by atoms with Crippen molar-refractivity contribution in [2.45, 2.75) is 19.4 Å². The lowest BCUT2D eigenvalue weighted by molar-refractivity contribution is -0.150. The van der Waals surface area contributed by atoms with Crippen molar-refractivity contribution < 1.29 is 28.7 Å². The van der Waals surface area contributed by atoms with Gasteiger partial charge in [0.05, 0.1) is 6.04 Å². The van der Waals surface area contributed by atoms with Gasteiger partial charge in [0, 0.05) is 7.05 Å². The van der Waals surface area contributed by atoms with Gasteiger partial charge >= 0.3 is 12.0 Å². The first kappa shape index (κ1) is 20.1. The first-order chi connectivity index (χ1) is 12.8. The van der Waals surface area contributed by atoms with Crippen LogP contribution in [0.2, 0.25) is 0 Å². The Hall–Kier alpha value is -3.23. The fourth-order valence-corrected chi connectivity index (χ4v) is 2.53. The quantitative estimate of drug-likeness (QED) is 0.495. The molecule has 0 spiro atoms. The van der Waals surface area contributed by atoms with Crippen LogP contribution >= 0.6 is 0 Å². The molecule has 27 heavy (non-hydrogen) atoms. The third-order valence-electron chi connectivity index (χ3n) is 3.99. The fraction of sp³-hybridized carbons (Fsp3) is 0.389. The van der Waals surface area contributed by atoms with Gasteiger partial charge in [-0.25, -0.2) is 4.79 Å². The molecule has 1 aromatic carbocycles. The second kappa shape index (κ2) is 8.93. The van der Waals surface area contributed by atoms with Crippen molar-refractivity contribution in [1.29, 1.82) is 0 Å². The zero-order valence-corrected chi connectivity index (χ0v) is 15.1. The number of carbonyl (C=O) groups excluding carboxylic acids is 5. The first-order valence-corrected chi connectivity index (χ1v) is 8.32. The highest BCUT2D eigenvalue weighted by Crippen LogP contribution is 2.07. The summed E-state index contributed by atoms with van der Waals surface area (Å²) in [5.74, 6) is -2.27. The molecule has 0 aliphatic carbocycles. The summed E-state index contributed by atoms with van der Waals surface area (Å²) < 4.78 is 4.80. The van der Waals surface area contributed by atoms with Gasteiger partial charge in [-0.2, -0.15) is 0 Å². The molecule has 0 saturated carbocycles. The van der Waals surface area contributed by atoms with Crippen molar-refractivity contribution in [3.05, 3.63) is 35.9 Å². The number of carbonyl (C=O) groups is 5. The summed E-state index contributed by atoms with van der Waals surface area (Å²) in [6.07, 6.45) is 0.318. The monoisotopic (exact) mass is 375 g/mol. The lowest BCUT2D eigenvalue weighted by Gasteiger charge is -2.17. The van der Waals surface area contributed by atoms with Crippen LogP contribution in [0.4, 0.5) is 4.79 Å². The minimum Gasteiger partial charge on any atom is -0.454 e. The maximum atomic E-state index is 12.0. The standard InChI is InChI=1S/C18H21N3O6/c1-12(22)14(8-13-6-4-3-5-7-13)19-15(23)11-27-17(25)10-21-16(24)9-20(2)18(21)26/h3-7,14H,8-11H2,1-2H3,(H,19,23)/t14-/m0/s1. The molecule has 4 amide bonds. The third kappa shape index (κ3) is 5.63. The summed E-state index contributed by atoms with van der Waals surface area (Å²) in [6.45, 7) is 0.0896. The molecule has 0 radical (unpaired) electrons. The van der Waals surface area contributed by atoms with E-state index in [-0.39, 0.29) is 12.3 Å². The number of amides is 4.